The number of guanidine groups is 1. The van der Waals surface area contributed by atoms with Crippen molar-refractivity contribution in [2.24, 2.45) is 16.6 Å². The summed E-state index contributed by atoms with van der Waals surface area (Å²) in [6.45, 7) is 8.12. The van der Waals surface area contributed by atoms with Crippen molar-refractivity contribution in [3.05, 3.63) is 29.8 Å². The lowest BCUT2D eigenvalue weighted by molar-refractivity contribution is -0.119. The van der Waals surface area contributed by atoms with E-state index in [9.17, 15) is 4.79 Å². The van der Waals surface area contributed by atoms with Gasteiger partial charge in [0.25, 0.3) is 5.91 Å². The van der Waals surface area contributed by atoms with Crippen LogP contribution in [0.1, 0.15) is 32.3 Å². The van der Waals surface area contributed by atoms with E-state index in [1.54, 1.807) is 0 Å². The van der Waals surface area contributed by atoms with Gasteiger partial charge >= 0.3 is 0 Å². The lowest BCUT2D eigenvalue weighted by Crippen LogP contribution is -2.45. The quantitative estimate of drug-likeness (QED) is 0.362. The van der Waals surface area contributed by atoms with Crippen LogP contribution in [-0.4, -0.2) is 49.6 Å². The highest BCUT2D eigenvalue weighted by Crippen LogP contribution is 2.16. The van der Waals surface area contributed by atoms with Gasteiger partial charge in [-0.05, 0) is 49.8 Å². The number of nitrogens with zero attached hydrogens (tertiary/aromatic N) is 2. The van der Waals surface area contributed by atoms with Crippen molar-refractivity contribution in [2.45, 2.75) is 33.1 Å². The number of likely N-dealkylation sites (tertiary alicyclic amines) is 1. The summed E-state index contributed by atoms with van der Waals surface area (Å²) >= 11 is 0. The highest BCUT2D eigenvalue weighted by atomic mass is 127. The number of primary amides is 1. The molecule has 0 unspecified atom stereocenters. The number of benzene rings is 1. The van der Waals surface area contributed by atoms with Crippen molar-refractivity contribution < 1.29 is 9.53 Å². The van der Waals surface area contributed by atoms with E-state index in [0.717, 1.165) is 44.5 Å². The Morgan fingerprint density at radius 1 is 1.31 bits per heavy atom. The maximum absolute atomic E-state index is 10.7. The molecule has 0 aromatic heterocycles. The zero-order valence-electron chi connectivity index (χ0n) is 15.7. The predicted octanol–water partition coefficient (Wildman–Crippen LogP) is 2.41. The first-order valence-electron chi connectivity index (χ1n) is 9.11. The molecular formula is C19H31IN4O2. The Labute approximate surface area is 173 Å². The molecule has 0 saturated carbocycles. The molecule has 1 saturated heterocycles. The molecule has 0 atom stereocenters. The van der Waals surface area contributed by atoms with E-state index in [-0.39, 0.29) is 30.6 Å². The zero-order valence-corrected chi connectivity index (χ0v) is 18.1. The Morgan fingerprint density at radius 3 is 2.54 bits per heavy atom. The summed E-state index contributed by atoms with van der Waals surface area (Å²) in [5.74, 6) is 2.02. The number of amides is 1. The monoisotopic (exact) mass is 474 g/mol. The molecule has 1 aliphatic rings. The normalized spacial score (nSPS) is 15.3. The van der Waals surface area contributed by atoms with Gasteiger partial charge in [0, 0.05) is 26.2 Å². The molecule has 2 rings (SSSR count). The first-order valence-corrected chi connectivity index (χ1v) is 9.11. The van der Waals surface area contributed by atoms with Gasteiger partial charge in [-0.1, -0.05) is 19.1 Å². The number of piperidine rings is 1. The lowest BCUT2D eigenvalue weighted by Gasteiger charge is -2.33. The van der Waals surface area contributed by atoms with Crippen LogP contribution in [-0.2, 0) is 11.2 Å². The number of nitrogens with two attached hydrogens (primary N) is 1. The smallest absolute Gasteiger partial charge is 0.255 e. The van der Waals surface area contributed by atoms with E-state index in [1.165, 1.54) is 18.4 Å². The molecule has 1 aromatic carbocycles. The van der Waals surface area contributed by atoms with Crippen LogP contribution < -0.4 is 15.8 Å². The van der Waals surface area contributed by atoms with Crippen LogP contribution in [0.5, 0.6) is 5.75 Å². The number of hydrogen-bond acceptors (Lipinski definition) is 3. The van der Waals surface area contributed by atoms with Crippen molar-refractivity contribution >= 4 is 35.8 Å². The SMILES string of the molecule is CCNC(=NCCc1ccc(OCC(N)=O)cc1)N1CCC(C)CC1.I. The fourth-order valence-electron chi connectivity index (χ4n) is 2.84. The molecule has 7 heteroatoms. The Balaban J connectivity index is 0.00000338. The minimum absolute atomic E-state index is 0. The molecule has 6 nitrogen and oxygen atoms in total. The molecule has 1 aromatic rings. The standard InChI is InChI=1S/C19H30N4O2.HI/c1-3-21-19(23-12-9-15(2)10-13-23)22-11-8-16-4-6-17(7-5-16)25-14-18(20)24;/h4-7,15H,3,8-14H2,1-2H3,(H2,20,24)(H,21,22);1H. The molecule has 0 bridgehead atoms. The summed E-state index contributed by atoms with van der Waals surface area (Å²) in [6.07, 6.45) is 3.34. The summed E-state index contributed by atoms with van der Waals surface area (Å²) in [4.78, 5) is 17.9. The van der Waals surface area contributed by atoms with Gasteiger partial charge in [0.2, 0.25) is 0 Å². The van der Waals surface area contributed by atoms with Crippen LogP contribution in [0.3, 0.4) is 0 Å². The van der Waals surface area contributed by atoms with E-state index >= 15 is 0 Å². The summed E-state index contributed by atoms with van der Waals surface area (Å²) in [5, 5.41) is 3.40. The number of halogens is 1. The number of carbonyl (C=O) groups excluding carboxylic acids is 1. The van der Waals surface area contributed by atoms with E-state index < -0.39 is 5.91 Å². The van der Waals surface area contributed by atoms with Crippen molar-refractivity contribution in [3.8, 4) is 5.75 Å². The van der Waals surface area contributed by atoms with Crippen molar-refractivity contribution in [1.29, 1.82) is 0 Å². The number of ether oxygens (including phenoxy) is 1. The Hall–Kier alpha value is -1.51. The van der Waals surface area contributed by atoms with Crippen LogP contribution >= 0.6 is 24.0 Å². The first kappa shape index (κ1) is 22.5. The largest absolute Gasteiger partial charge is 0.484 e. The Kier molecular flexibility index (Phi) is 10.4. The average Bonchev–Trinajstić information content (AvgIpc) is 2.61. The van der Waals surface area contributed by atoms with Gasteiger partial charge in [0.1, 0.15) is 5.75 Å². The summed E-state index contributed by atoms with van der Waals surface area (Å²) in [6, 6.07) is 7.72. The average molecular weight is 474 g/mol. The number of carbonyl (C=O) groups is 1. The van der Waals surface area contributed by atoms with Crippen LogP contribution in [0.2, 0.25) is 0 Å². The van der Waals surface area contributed by atoms with Crippen LogP contribution in [0, 0.1) is 5.92 Å². The molecule has 1 amide bonds. The minimum Gasteiger partial charge on any atom is -0.484 e. The van der Waals surface area contributed by atoms with Gasteiger partial charge in [-0.3, -0.25) is 9.79 Å². The molecular weight excluding hydrogens is 443 g/mol. The molecule has 1 aliphatic heterocycles. The van der Waals surface area contributed by atoms with Crippen LogP contribution in [0.4, 0.5) is 0 Å². The topological polar surface area (TPSA) is 80.0 Å². The molecule has 0 radical (unpaired) electrons. The highest BCUT2D eigenvalue weighted by Gasteiger charge is 2.18. The van der Waals surface area contributed by atoms with Gasteiger partial charge in [0.15, 0.2) is 12.6 Å². The second-order valence-corrected chi connectivity index (χ2v) is 6.55. The highest BCUT2D eigenvalue weighted by molar-refractivity contribution is 14.0. The van der Waals surface area contributed by atoms with Crippen molar-refractivity contribution in [1.82, 2.24) is 10.2 Å². The number of rotatable bonds is 7. The summed E-state index contributed by atoms with van der Waals surface area (Å²) < 4.78 is 5.27. The molecule has 1 fully saturated rings. The van der Waals surface area contributed by atoms with E-state index in [2.05, 4.69) is 24.1 Å². The fourth-order valence-corrected chi connectivity index (χ4v) is 2.84. The maximum atomic E-state index is 10.7. The third-order valence-corrected chi connectivity index (χ3v) is 4.38. The van der Waals surface area contributed by atoms with E-state index in [1.807, 2.05) is 24.3 Å². The van der Waals surface area contributed by atoms with Crippen LogP contribution in [0.15, 0.2) is 29.3 Å². The maximum Gasteiger partial charge on any atom is 0.255 e. The van der Waals surface area contributed by atoms with Gasteiger partial charge in [-0.15, -0.1) is 24.0 Å². The van der Waals surface area contributed by atoms with E-state index in [4.69, 9.17) is 15.5 Å². The second kappa shape index (κ2) is 12.0. The first-order chi connectivity index (χ1) is 12.1. The van der Waals surface area contributed by atoms with Gasteiger partial charge in [-0.2, -0.15) is 0 Å². The van der Waals surface area contributed by atoms with Crippen molar-refractivity contribution in [3.63, 3.8) is 0 Å². The third-order valence-electron chi connectivity index (χ3n) is 4.38. The van der Waals surface area contributed by atoms with Gasteiger partial charge in [-0.25, -0.2) is 0 Å². The molecule has 3 N–H and O–H groups in total. The van der Waals surface area contributed by atoms with Crippen LogP contribution in [0.25, 0.3) is 0 Å². The van der Waals surface area contributed by atoms with E-state index in [0.29, 0.717) is 5.75 Å². The lowest BCUT2D eigenvalue weighted by atomic mass is 10.00. The Morgan fingerprint density at radius 2 is 1.96 bits per heavy atom. The fraction of sp³-hybridized carbons (Fsp3) is 0.579. The molecule has 0 spiro atoms. The van der Waals surface area contributed by atoms with Gasteiger partial charge < -0.3 is 20.7 Å². The number of aliphatic imine (C=N–C) groups is 1. The molecule has 1 heterocycles. The molecule has 0 aliphatic carbocycles. The van der Waals surface area contributed by atoms with Gasteiger partial charge in [0.05, 0.1) is 0 Å². The Bertz CT molecular complexity index is 569. The molecule has 146 valence electrons. The number of nitrogens with one attached hydrogen (secondary N) is 1. The van der Waals surface area contributed by atoms with Crippen molar-refractivity contribution in [2.75, 3.05) is 32.8 Å². The predicted molar refractivity (Wildman–Crippen MR) is 116 cm³/mol. The summed E-state index contributed by atoms with van der Waals surface area (Å²) in [5.41, 5.74) is 6.26. The zero-order chi connectivity index (χ0) is 18.1. The second-order valence-electron chi connectivity index (χ2n) is 6.55. The molecule has 26 heavy (non-hydrogen) atoms. The number of hydrogen-bond donors (Lipinski definition) is 2. The minimum atomic E-state index is -0.471. The third kappa shape index (κ3) is 7.80. The summed E-state index contributed by atoms with van der Waals surface area (Å²) in [7, 11) is 0.